The Morgan fingerprint density at radius 1 is 1.30 bits per heavy atom. The number of carbonyl (C=O) groups excluding carboxylic acids is 2. The summed E-state index contributed by atoms with van der Waals surface area (Å²) in [5.41, 5.74) is 1.97. The number of pyridine rings is 1. The smallest absolute Gasteiger partial charge is 0.268 e. The van der Waals surface area contributed by atoms with Crippen molar-refractivity contribution < 1.29 is 14.7 Å². The Hall–Kier alpha value is -3.19. The highest BCUT2D eigenvalue weighted by Gasteiger charge is 2.51. The number of aryl methyl sites for hydroxylation is 1. The lowest BCUT2D eigenvalue weighted by Crippen LogP contribution is -2.53. The predicted octanol–water partition coefficient (Wildman–Crippen LogP) is 1.95. The summed E-state index contributed by atoms with van der Waals surface area (Å²) in [4.78, 5) is 34.5. The Labute approximate surface area is 174 Å². The molecule has 3 N–H and O–H groups in total. The summed E-state index contributed by atoms with van der Waals surface area (Å²) in [5, 5.41) is 14.6. The molecule has 2 aromatic heterocycles. The number of H-pyrrole nitrogens is 1. The van der Waals surface area contributed by atoms with Crippen molar-refractivity contribution in [3.63, 3.8) is 0 Å². The lowest BCUT2D eigenvalue weighted by molar-refractivity contribution is -0.149. The van der Waals surface area contributed by atoms with Crippen LogP contribution in [0, 0.1) is 5.92 Å². The topological polar surface area (TPSA) is 98.3 Å². The molecule has 0 saturated carbocycles. The Bertz CT molecular complexity index is 1120. The first kappa shape index (κ1) is 18.8. The molecule has 7 heteroatoms. The van der Waals surface area contributed by atoms with Gasteiger partial charge in [0.2, 0.25) is 5.60 Å². The van der Waals surface area contributed by atoms with Crippen molar-refractivity contribution in [2.75, 3.05) is 18.0 Å². The monoisotopic (exact) mass is 404 g/mol. The van der Waals surface area contributed by atoms with Crippen molar-refractivity contribution in [3.05, 3.63) is 59.9 Å². The fraction of sp³-hybridized carbons (Fsp3) is 0.348. The number of nitrogens with zero attached hydrogens (tertiary/aromatic N) is 2. The van der Waals surface area contributed by atoms with E-state index in [1.807, 2.05) is 18.2 Å². The van der Waals surface area contributed by atoms with Crippen molar-refractivity contribution in [3.8, 4) is 0 Å². The second-order valence-electron chi connectivity index (χ2n) is 8.26. The number of aromatic amines is 1. The summed E-state index contributed by atoms with van der Waals surface area (Å²) in [6.07, 6.45) is 6.30. The van der Waals surface area contributed by atoms with E-state index in [9.17, 15) is 14.7 Å². The van der Waals surface area contributed by atoms with Crippen molar-refractivity contribution in [2.24, 2.45) is 5.92 Å². The highest BCUT2D eigenvalue weighted by molar-refractivity contribution is 6.16. The maximum atomic E-state index is 12.9. The number of hydrogen-bond donors (Lipinski definition) is 3. The van der Waals surface area contributed by atoms with Crippen LogP contribution in [-0.4, -0.2) is 45.6 Å². The third kappa shape index (κ3) is 3.15. The SMILES string of the molecule is O=C(NCC1CCc2ccccc2C1)C1(O)CCN(c2cnc3[nH]ccc3c2)C1=O. The van der Waals surface area contributed by atoms with Crippen LogP contribution < -0.4 is 10.2 Å². The molecule has 0 spiro atoms. The zero-order valence-electron chi connectivity index (χ0n) is 16.6. The third-order valence-corrected chi connectivity index (χ3v) is 6.37. The van der Waals surface area contributed by atoms with Crippen LogP contribution in [-0.2, 0) is 22.4 Å². The van der Waals surface area contributed by atoms with Gasteiger partial charge in [0.05, 0.1) is 11.9 Å². The van der Waals surface area contributed by atoms with Crippen LogP contribution in [0.4, 0.5) is 5.69 Å². The third-order valence-electron chi connectivity index (χ3n) is 6.37. The van der Waals surface area contributed by atoms with Gasteiger partial charge in [0.1, 0.15) is 5.65 Å². The number of nitrogens with one attached hydrogen (secondary N) is 2. The number of benzene rings is 1. The molecule has 5 rings (SSSR count). The molecule has 154 valence electrons. The molecule has 30 heavy (non-hydrogen) atoms. The van der Waals surface area contributed by atoms with E-state index in [-0.39, 0.29) is 13.0 Å². The second kappa shape index (κ2) is 7.25. The minimum atomic E-state index is -2.03. The van der Waals surface area contributed by atoms with Gasteiger partial charge in [0.15, 0.2) is 0 Å². The molecule has 0 radical (unpaired) electrons. The molecule has 1 fully saturated rings. The van der Waals surface area contributed by atoms with Crippen LogP contribution in [0.1, 0.15) is 24.0 Å². The highest BCUT2D eigenvalue weighted by Crippen LogP contribution is 2.30. The van der Waals surface area contributed by atoms with Crippen LogP contribution in [0.25, 0.3) is 11.0 Å². The van der Waals surface area contributed by atoms with Gasteiger partial charge < -0.3 is 20.3 Å². The first-order chi connectivity index (χ1) is 14.5. The Balaban J connectivity index is 1.25. The number of rotatable bonds is 4. The Morgan fingerprint density at radius 3 is 3.00 bits per heavy atom. The normalized spacial score (nSPS) is 23.6. The van der Waals surface area contributed by atoms with Crippen LogP contribution in [0.15, 0.2) is 48.8 Å². The zero-order valence-corrected chi connectivity index (χ0v) is 16.6. The molecule has 1 saturated heterocycles. The van der Waals surface area contributed by atoms with E-state index in [0.29, 0.717) is 18.2 Å². The standard InChI is InChI=1S/C23H24N4O3/c28-21(26-13-15-5-6-16-3-1-2-4-17(16)11-15)23(30)8-10-27(22(23)29)19-12-18-7-9-24-20(18)25-14-19/h1-4,7,9,12,14-15,30H,5-6,8,10-11,13H2,(H,24,25)(H,26,28). The molecule has 1 aromatic carbocycles. The molecular formula is C23H24N4O3. The lowest BCUT2D eigenvalue weighted by Gasteiger charge is -2.26. The van der Waals surface area contributed by atoms with Crippen LogP contribution in [0.3, 0.4) is 0 Å². The van der Waals surface area contributed by atoms with Gasteiger partial charge in [-0.05, 0) is 48.4 Å². The Kier molecular flexibility index (Phi) is 4.55. The van der Waals surface area contributed by atoms with Crippen molar-refractivity contribution in [1.82, 2.24) is 15.3 Å². The minimum absolute atomic E-state index is 0.0658. The van der Waals surface area contributed by atoms with Crippen LogP contribution in [0.2, 0.25) is 0 Å². The van der Waals surface area contributed by atoms with Gasteiger partial charge in [-0.2, -0.15) is 0 Å². The van der Waals surface area contributed by atoms with E-state index in [4.69, 9.17) is 0 Å². The number of anilines is 1. The summed E-state index contributed by atoms with van der Waals surface area (Å²) < 4.78 is 0. The summed E-state index contributed by atoms with van der Waals surface area (Å²) in [6.45, 7) is 0.733. The highest BCUT2D eigenvalue weighted by atomic mass is 16.3. The zero-order chi connectivity index (χ0) is 20.7. The number of fused-ring (bicyclic) bond motifs is 2. The van der Waals surface area contributed by atoms with E-state index >= 15 is 0 Å². The first-order valence-electron chi connectivity index (χ1n) is 10.4. The van der Waals surface area contributed by atoms with Crippen molar-refractivity contribution in [1.29, 1.82) is 0 Å². The minimum Gasteiger partial charge on any atom is -0.372 e. The van der Waals surface area contributed by atoms with Crippen LogP contribution in [0.5, 0.6) is 0 Å². The largest absolute Gasteiger partial charge is 0.372 e. The summed E-state index contributed by atoms with van der Waals surface area (Å²) in [5.74, 6) is -0.893. The van der Waals surface area contributed by atoms with E-state index < -0.39 is 17.4 Å². The summed E-state index contributed by atoms with van der Waals surface area (Å²) in [6, 6.07) is 12.1. The van der Waals surface area contributed by atoms with Crippen molar-refractivity contribution in [2.45, 2.75) is 31.3 Å². The quantitative estimate of drug-likeness (QED) is 0.579. The number of aliphatic hydroxyl groups is 1. The van der Waals surface area contributed by atoms with Gasteiger partial charge in [-0.15, -0.1) is 0 Å². The fourth-order valence-electron chi connectivity index (χ4n) is 4.57. The number of aromatic nitrogens is 2. The molecule has 2 unspecified atom stereocenters. The number of carbonyl (C=O) groups is 2. The molecule has 2 amide bonds. The van der Waals surface area contributed by atoms with Gasteiger partial charge in [-0.25, -0.2) is 4.98 Å². The van der Waals surface area contributed by atoms with E-state index in [1.165, 1.54) is 16.0 Å². The molecular weight excluding hydrogens is 380 g/mol. The van der Waals surface area contributed by atoms with E-state index in [1.54, 1.807) is 12.4 Å². The molecule has 1 aliphatic heterocycles. The number of hydrogen-bond acceptors (Lipinski definition) is 4. The Morgan fingerprint density at radius 2 is 2.13 bits per heavy atom. The molecule has 2 aliphatic rings. The fourth-order valence-corrected chi connectivity index (χ4v) is 4.57. The first-order valence-corrected chi connectivity index (χ1v) is 10.4. The maximum Gasteiger partial charge on any atom is 0.268 e. The van der Waals surface area contributed by atoms with Crippen LogP contribution >= 0.6 is 0 Å². The summed E-state index contributed by atoms with van der Waals surface area (Å²) in [7, 11) is 0. The van der Waals surface area contributed by atoms with Gasteiger partial charge in [-0.1, -0.05) is 24.3 Å². The summed E-state index contributed by atoms with van der Waals surface area (Å²) >= 11 is 0. The van der Waals surface area contributed by atoms with Gasteiger partial charge in [0, 0.05) is 31.1 Å². The average molecular weight is 404 g/mol. The molecule has 3 heterocycles. The second-order valence-corrected chi connectivity index (χ2v) is 8.26. The molecule has 2 atom stereocenters. The molecule has 0 bridgehead atoms. The van der Waals surface area contributed by atoms with Gasteiger partial charge >= 0.3 is 0 Å². The van der Waals surface area contributed by atoms with Gasteiger partial charge in [-0.3, -0.25) is 9.59 Å². The van der Waals surface area contributed by atoms with Gasteiger partial charge in [0.25, 0.3) is 11.8 Å². The molecule has 3 aromatic rings. The van der Waals surface area contributed by atoms with Crippen molar-refractivity contribution >= 4 is 28.5 Å². The van der Waals surface area contributed by atoms with E-state index in [0.717, 1.165) is 30.3 Å². The average Bonchev–Trinajstić information content (AvgIpc) is 3.36. The lowest BCUT2D eigenvalue weighted by atomic mass is 9.84. The molecule has 7 nitrogen and oxygen atoms in total. The predicted molar refractivity (Wildman–Crippen MR) is 113 cm³/mol. The number of amides is 2. The maximum absolute atomic E-state index is 12.9. The molecule has 1 aliphatic carbocycles. The van der Waals surface area contributed by atoms with E-state index in [2.05, 4.69) is 33.5 Å².